The van der Waals surface area contributed by atoms with Crippen molar-refractivity contribution in [2.24, 2.45) is 5.92 Å². The third-order valence-electron chi connectivity index (χ3n) is 5.97. The number of nitrogens with zero attached hydrogens (tertiary/aromatic N) is 2. The van der Waals surface area contributed by atoms with Crippen molar-refractivity contribution in [2.45, 2.75) is 50.6 Å². The van der Waals surface area contributed by atoms with Gasteiger partial charge in [0.2, 0.25) is 11.8 Å². The molecule has 4 rings (SSSR count). The van der Waals surface area contributed by atoms with Crippen LogP contribution in [0.3, 0.4) is 0 Å². The highest BCUT2D eigenvalue weighted by atomic mass is 19.1. The van der Waals surface area contributed by atoms with Crippen LogP contribution in [-0.2, 0) is 20.7 Å². The Kier molecular flexibility index (Phi) is 5.43. The number of carbonyl (C=O) groups excluding carboxylic acids is 2. The molecule has 146 valence electrons. The average Bonchev–Trinajstić information content (AvgIpc) is 3.43. The number of hydrogen-bond acceptors (Lipinski definition) is 3. The Morgan fingerprint density at radius 2 is 1.81 bits per heavy atom. The van der Waals surface area contributed by atoms with E-state index < -0.39 is 0 Å². The number of ether oxygens (including phenoxy) is 1. The van der Waals surface area contributed by atoms with Gasteiger partial charge in [0.25, 0.3) is 0 Å². The van der Waals surface area contributed by atoms with Crippen LogP contribution in [0.2, 0.25) is 0 Å². The largest absolute Gasteiger partial charge is 0.381 e. The summed E-state index contributed by atoms with van der Waals surface area (Å²) in [6, 6.07) is 6.72. The van der Waals surface area contributed by atoms with E-state index >= 15 is 0 Å². The molecule has 0 aromatic heterocycles. The Morgan fingerprint density at radius 1 is 1.07 bits per heavy atom. The van der Waals surface area contributed by atoms with Crippen molar-refractivity contribution < 1.29 is 18.7 Å². The summed E-state index contributed by atoms with van der Waals surface area (Å²) < 4.78 is 19.3. The molecule has 0 bridgehead atoms. The number of halogens is 1. The van der Waals surface area contributed by atoms with Crippen molar-refractivity contribution in [3.8, 4) is 0 Å². The summed E-state index contributed by atoms with van der Waals surface area (Å²) in [4.78, 5) is 29.5. The molecule has 1 aromatic carbocycles. The quantitative estimate of drug-likeness (QED) is 0.795. The lowest BCUT2D eigenvalue weighted by Gasteiger charge is -2.38. The van der Waals surface area contributed by atoms with Gasteiger partial charge in [0.15, 0.2) is 0 Å². The van der Waals surface area contributed by atoms with Crippen molar-refractivity contribution in [3.05, 3.63) is 35.6 Å². The van der Waals surface area contributed by atoms with Crippen LogP contribution >= 0.6 is 0 Å². The summed E-state index contributed by atoms with van der Waals surface area (Å²) in [5.41, 5.74) is 0.432. The highest BCUT2D eigenvalue weighted by molar-refractivity contribution is 5.82. The molecule has 0 radical (unpaired) electrons. The van der Waals surface area contributed by atoms with Crippen LogP contribution in [0.5, 0.6) is 0 Å². The lowest BCUT2D eigenvalue weighted by atomic mass is 10.0. The van der Waals surface area contributed by atoms with Crippen LogP contribution in [0.25, 0.3) is 0 Å². The predicted octanol–water partition coefficient (Wildman–Crippen LogP) is 2.39. The molecule has 2 amide bonds. The number of amides is 2. The van der Waals surface area contributed by atoms with Crippen LogP contribution in [0.1, 0.15) is 37.7 Å². The maximum Gasteiger partial charge on any atom is 0.227 e. The smallest absolute Gasteiger partial charge is 0.227 e. The van der Waals surface area contributed by atoms with Gasteiger partial charge in [-0.3, -0.25) is 9.59 Å². The minimum atomic E-state index is -0.339. The monoisotopic (exact) mass is 374 g/mol. The highest BCUT2D eigenvalue weighted by Crippen LogP contribution is 2.35. The first-order chi connectivity index (χ1) is 13.1. The fraction of sp³-hybridized carbons (Fsp3) is 0.619. The Balaban J connectivity index is 1.42. The van der Waals surface area contributed by atoms with Gasteiger partial charge in [0.1, 0.15) is 5.82 Å². The second-order valence-electron chi connectivity index (χ2n) is 7.91. The summed E-state index contributed by atoms with van der Waals surface area (Å²) in [5.74, 6) is 0.0362. The molecule has 2 saturated heterocycles. The Bertz CT molecular complexity index is 700. The van der Waals surface area contributed by atoms with Gasteiger partial charge in [0, 0.05) is 38.3 Å². The minimum absolute atomic E-state index is 0.0617. The fourth-order valence-corrected chi connectivity index (χ4v) is 4.27. The van der Waals surface area contributed by atoms with Crippen LogP contribution in [0.15, 0.2) is 24.3 Å². The first kappa shape index (κ1) is 18.4. The van der Waals surface area contributed by atoms with Gasteiger partial charge in [0.05, 0.1) is 12.5 Å². The average molecular weight is 374 g/mol. The molecule has 3 fully saturated rings. The predicted molar refractivity (Wildman–Crippen MR) is 98.5 cm³/mol. The van der Waals surface area contributed by atoms with Gasteiger partial charge in [-0.05, 0) is 43.7 Å². The lowest BCUT2D eigenvalue weighted by molar-refractivity contribution is -0.140. The molecule has 6 heteroatoms. The fourth-order valence-electron chi connectivity index (χ4n) is 4.27. The Hall–Kier alpha value is -1.95. The van der Waals surface area contributed by atoms with Crippen molar-refractivity contribution in [2.75, 3.05) is 26.3 Å². The summed E-state index contributed by atoms with van der Waals surface area (Å²) in [6.07, 6.45) is 4.60. The standard InChI is InChI=1S/C21H27FN2O3/c22-19-4-2-1-3-16(19)13-20(25)23-10-7-18(14-23)24(21(26)15-5-6-15)17-8-11-27-12-9-17/h1-4,15,17-18H,5-14H2. The molecular formula is C21H27FN2O3. The molecular weight excluding hydrogens is 347 g/mol. The van der Waals surface area contributed by atoms with Gasteiger partial charge in [-0.2, -0.15) is 0 Å². The zero-order chi connectivity index (χ0) is 18.8. The maximum atomic E-state index is 13.9. The summed E-state index contributed by atoms with van der Waals surface area (Å²) >= 11 is 0. The molecule has 0 spiro atoms. The maximum absolute atomic E-state index is 13.9. The van der Waals surface area contributed by atoms with Gasteiger partial charge in [-0.1, -0.05) is 18.2 Å². The zero-order valence-electron chi connectivity index (χ0n) is 15.6. The van der Waals surface area contributed by atoms with Gasteiger partial charge >= 0.3 is 0 Å². The van der Waals surface area contributed by atoms with Gasteiger partial charge < -0.3 is 14.5 Å². The van der Waals surface area contributed by atoms with Gasteiger partial charge in [-0.15, -0.1) is 0 Å². The van der Waals surface area contributed by atoms with Crippen molar-refractivity contribution >= 4 is 11.8 Å². The van der Waals surface area contributed by atoms with Crippen LogP contribution in [-0.4, -0.2) is 60.0 Å². The molecule has 2 aliphatic heterocycles. The third-order valence-corrected chi connectivity index (χ3v) is 5.97. The van der Waals surface area contributed by atoms with Crippen LogP contribution in [0.4, 0.5) is 4.39 Å². The van der Waals surface area contributed by atoms with Crippen molar-refractivity contribution in [1.29, 1.82) is 0 Å². The highest BCUT2D eigenvalue weighted by Gasteiger charge is 2.42. The van der Waals surface area contributed by atoms with Crippen LogP contribution < -0.4 is 0 Å². The van der Waals surface area contributed by atoms with E-state index in [2.05, 4.69) is 4.90 Å². The summed E-state index contributed by atoms with van der Waals surface area (Å²) in [6.45, 7) is 2.59. The van der Waals surface area contributed by atoms with E-state index in [1.54, 1.807) is 23.1 Å². The van der Waals surface area contributed by atoms with E-state index in [9.17, 15) is 14.0 Å². The molecule has 1 unspecified atom stereocenters. The van der Waals surface area contributed by atoms with E-state index in [0.29, 0.717) is 31.9 Å². The van der Waals surface area contributed by atoms with E-state index in [-0.39, 0.29) is 42.1 Å². The zero-order valence-corrected chi connectivity index (χ0v) is 15.6. The molecule has 2 heterocycles. The van der Waals surface area contributed by atoms with E-state index in [1.807, 2.05) is 0 Å². The molecule has 3 aliphatic rings. The number of hydrogen-bond donors (Lipinski definition) is 0. The topological polar surface area (TPSA) is 49.9 Å². The van der Waals surface area contributed by atoms with Crippen molar-refractivity contribution in [1.82, 2.24) is 9.80 Å². The van der Waals surface area contributed by atoms with Crippen LogP contribution in [0, 0.1) is 11.7 Å². The summed E-state index contributed by atoms with van der Waals surface area (Å²) in [5, 5.41) is 0. The molecule has 1 aliphatic carbocycles. The number of likely N-dealkylation sites (tertiary alicyclic amines) is 1. The normalized spacial score (nSPS) is 23.4. The van der Waals surface area contributed by atoms with E-state index in [0.717, 1.165) is 32.1 Å². The number of carbonyl (C=O) groups is 2. The Morgan fingerprint density at radius 3 is 2.52 bits per heavy atom. The first-order valence-electron chi connectivity index (χ1n) is 10.0. The minimum Gasteiger partial charge on any atom is -0.381 e. The molecule has 5 nitrogen and oxygen atoms in total. The SMILES string of the molecule is O=C(Cc1ccccc1F)N1CCC(N(C(=O)C2CC2)C2CCOCC2)C1. The molecule has 1 saturated carbocycles. The third kappa shape index (κ3) is 4.15. The Labute approximate surface area is 159 Å². The summed E-state index contributed by atoms with van der Waals surface area (Å²) in [7, 11) is 0. The number of benzene rings is 1. The van der Waals surface area contributed by atoms with E-state index in [4.69, 9.17) is 4.74 Å². The second-order valence-corrected chi connectivity index (χ2v) is 7.91. The lowest BCUT2D eigenvalue weighted by Crippen LogP contribution is -2.51. The molecule has 1 aromatic rings. The molecule has 1 atom stereocenters. The number of rotatable bonds is 5. The molecule has 0 N–H and O–H groups in total. The van der Waals surface area contributed by atoms with E-state index in [1.165, 1.54) is 6.07 Å². The second kappa shape index (κ2) is 7.97. The first-order valence-corrected chi connectivity index (χ1v) is 10.0. The van der Waals surface area contributed by atoms with Gasteiger partial charge in [-0.25, -0.2) is 4.39 Å². The molecule has 27 heavy (non-hydrogen) atoms. The van der Waals surface area contributed by atoms with Crippen molar-refractivity contribution in [3.63, 3.8) is 0 Å².